The summed E-state index contributed by atoms with van der Waals surface area (Å²) in [4.78, 5) is 26.2. The van der Waals surface area contributed by atoms with Gasteiger partial charge in [-0.2, -0.15) is 0 Å². The average Bonchev–Trinajstić information content (AvgIpc) is 3.29. The predicted octanol–water partition coefficient (Wildman–Crippen LogP) is 3.01. The van der Waals surface area contributed by atoms with E-state index >= 15 is 0 Å². The Balaban J connectivity index is 1.28. The smallest absolute Gasteiger partial charge is 0.251 e. The topological polar surface area (TPSA) is 88.3 Å². The lowest BCUT2D eigenvalue weighted by molar-refractivity contribution is -0.131. The molecule has 2 heterocycles. The molecule has 3 aromatic rings. The van der Waals surface area contributed by atoms with Gasteiger partial charge in [-0.1, -0.05) is 18.2 Å². The fraction of sp³-hybridized carbons (Fsp3) is 0.273. The van der Waals surface area contributed by atoms with Crippen LogP contribution in [-0.2, 0) is 4.79 Å². The van der Waals surface area contributed by atoms with Crippen molar-refractivity contribution in [3.05, 3.63) is 71.9 Å². The minimum atomic E-state index is -0.324. The van der Waals surface area contributed by atoms with Crippen LogP contribution in [0.25, 0.3) is 11.5 Å². The van der Waals surface area contributed by atoms with E-state index in [0.29, 0.717) is 48.8 Å². The minimum absolute atomic E-state index is 0.0341. The fourth-order valence-corrected chi connectivity index (χ4v) is 3.44. The second kappa shape index (κ2) is 8.86. The third-order valence-electron chi connectivity index (χ3n) is 5.16. The van der Waals surface area contributed by atoms with Gasteiger partial charge in [-0.3, -0.25) is 9.59 Å². The molecule has 154 valence electrons. The quantitative estimate of drug-likeness (QED) is 0.701. The van der Waals surface area contributed by atoms with Gasteiger partial charge in [-0.05, 0) is 49.2 Å². The molecule has 30 heavy (non-hydrogen) atoms. The molecule has 0 saturated carbocycles. The van der Waals surface area contributed by atoms with E-state index < -0.39 is 0 Å². The highest BCUT2D eigenvalue weighted by atomic mass is 19.1. The van der Waals surface area contributed by atoms with Crippen molar-refractivity contribution in [2.45, 2.75) is 18.8 Å². The van der Waals surface area contributed by atoms with E-state index in [9.17, 15) is 14.0 Å². The summed E-state index contributed by atoms with van der Waals surface area (Å²) in [5.41, 5.74) is 1.19. The van der Waals surface area contributed by atoms with Crippen molar-refractivity contribution in [3.63, 3.8) is 0 Å². The van der Waals surface area contributed by atoms with Gasteiger partial charge < -0.3 is 14.6 Å². The van der Waals surface area contributed by atoms with Crippen LogP contribution in [0.3, 0.4) is 0 Å². The normalized spacial score (nSPS) is 14.5. The summed E-state index contributed by atoms with van der Waals surface area (Å²) in [5, 5.41) is 10.9. The van der Waals surface area contributed by atoms with Crippen molar-refractivity contribution in [2.24, 2.45) is 0 Å². The molecule has 2 amide bonds. The van der Waals surface area contributed by atoms with E-state index in [1.807, 2.05) is 6.07 Å². The molecular weight excluding hydrogens is 387 g/mol. The summed E-state index contributed by atoms with van der Waals surface area (Å²) in [7, 11) is 0. The highest BCUT2D eigenvalue weighted by molar-refractivity contribution is 5.96. The number of nitrogens with one attached hydrogen (secondary N) is 1. The van der Waals surface area contributed by atoms with Crippen LogP contribution in [0.15, 0.2) is 59.0 Å². The van der Waals surface area contributed by atoms with E-state index in [1.54, 1.807) is 41.3 Å². The lowest BCUT2D eigenvalue weighted by Crippen LogP contribution is -2.43. The highest BCUT2D eigenvalue weighted by Gasteiger charge is 2.27. The van der Waals surface area contributed by atoms with E-state index in [2.05, 4.69) is 15.5 Å². The summed E-state index contributed by atoms with van der Waals surface area (Å²) in [6.45, 7) is 1.08. The van der Waals surface area contributed by atoms with Crippen LogP contribution >= 0.6 is 0 Å². The maximum absolute atomic E-state index is 13.1. The Morgan fingerprint density at radius 1 is 1.03 bits per heavy atom. The molecule has 1 fully saturated rings. The molecule has 1 aromatic heterocycles. The molecular formula is C22H21FN4O3. The number of aromatic nitrogens is 2. The number of carbonyl (C=O) groups excluding carboxylic acids is 2. The average molecular weight is 408 g/mol. The second-order valence-electron chi connectivity index (χ2n) is 7.16. The largest absolute Gasteiger partial charge is 0.420 e. The summed E-state index contributed by atoms with van der Waals surface area (Å²) in [5.74, 6) is 0.240. The van der Waals surface area contributed by atoms with Crippen molar-refractivity contribution in [1.82, 2.24) is 20.4 Å². The van der Waals surface area contributed by atoms with Crippen molar-refractivity contribution in [1.29, 1.82) is 0 Å². The third kappa shape index (κ3) is 4.53. The van der Waals surface area contributed by atoms with Crippen LogP contribution in [-0.4, -0.2) is 46.5 Å². The first-order chi connectivity index (χ1) is 14.6. The SMILES string of the molecule is O=C(NCC(=O)N1CCC(c2nnc(-c3ccc(F)cc3)o2)CC1)c1ccccc1. The Morgan fingerprint density at radius 2 is 1.73 bits per heavy atom. The maximum Gasteiger partial charge on any atom is 0.251 e. The molecule has 2 aromatic carbocycles. The Hall–Kier alpha value is -3.55. The van der Waals surface area contributed by atoms with Crippen LogP contribution < -0.4 is 5.32 Å². The van der Waals surface area contributed by atoms with Gasteiger partial charge in [0.1, 0.15) is 5.82 Å². The zero-order valence-corrected chi connectivity index (χ0v) is 16.3. The Kier molecular flexibility index (Phi) is 5.83. The zero-order chi connectivity index (χ0) is 20.9. The number of carbonyl (C=O) groups is 2. The number of benzene rings is 2. The third-order valence-corrected chi connectivity index (χ3v) is 5.16. The number of hydrogen-bond acceptors (Lipinski definition) is 5. The van der Waals surface area contributed by atoms with Crippen LogP contribution in [0.5, 0.6) is 0 Å². The summed E-state index contributed by atoms with van der Waals surface area (Å²) in [6.07, 6.45) is 1.40. The number of rotatable bonds is 5. The fourth-order valence-electron chi connectivity index (χ4n) is 3.44. The molecule has 0 bridgehead atoms. The predicted molar refractivity (Wildman–Crippen MR) is 107 cm³/mol. The van der Waals surface area contributed by atoms with Gasteiger partial charge in [-0.25, -0.2) is 4.39 Å². The standard InChI is InChI=1S/C22H21FN4O3/c23-18-8-6-16(7-9-18)21-25-26-22(30-21)17-10-12-27(13-11-17)19(28)14-24-20(29)15-4-2-1-3-5-15/h1-9,17H,10-14H2,(H,24,29). The number of nitrogens with zero attached hydrogens (tertiary/aromatic N) is 3. The summed E-state index contributed by atoms with van der Waals surface area (Å²) < 4.78 is 18.8. The number of piperidine rings is 1. The molecule has 0 radical (unpaired) electrons. The number of likely N-dealkylation sites (tertiary alicyclic amines) is 1. The number of hydrogen-bond donors (Lipinski definition) is 1. The molecule has 1 aliphatic rings. The highest BCUT2D eigenvalue weighted by Crippen LogP contribution is 2.29. The molecule has 1 N–H and O–H groups in total. The van der Waals surface area contributed by atoms with Crippen molar-refractivity contribution < 1.29 is 18.4 Å². The van der Waals surface area contributed by atoms with E-state index in [-0.39, 0.29) is 30.1 Å². The van der Waals surface area contributed by atoms with E-state index in [4.69, 9.17) is 4.42 Å². The monoisotopic (exact) mass is 408 g/mol. The lowest BCUT2D eigenvalue weighted by atomic mass is 9.97. The van der Waals surface area contributed by atoms with Gasteiger partial charge in [0.2, 0.25) is 17.7 Å². The van der Waals surface area contributed by atoms with Gasteiger partial charge in [-0.15, -0.1) is 10.2 Å². The van der Waals surface area contributed by atoms with Crippen LogP contribution in [0.1, 0.15) is 35.0 Å². The second-order valence-corrected chi connectivity index (χ2v) is 7.16. The number of amides is 2. The van der Waals surface area contributed by atoms with Gasteiger partial charge in [0, 0.05) is 30.1 Å². The summed E-state index contributed by atoms with van der Waals surface area (Å²) >= 11 is 0. The molecule has 4 rings (SSSR count). The molecule has 0 spiro atoms. The van der Waals surface area contributed by atoms with Crippen LogP contribution in [0, 0.1) is 5.82 Å². The first-order valence-corrected chi connectivity index (χ1v) is 9.80. The molecule has 8 heteroatoms. The van der Waals surface area contributed by atoms with Crippen LogP contribution in [0.2, 0.25) is 0 Å². The summed E-state index contributed by atoms with van der Waals surface area (Å²) in [6, 6.07) is 14.7. The van der Waals surface area contributed by atoms with Crippen molar-refractivity contribution >= 4 is 11.8 Å². The Bertz CT molecular complexity index is 1010. The molecule has 1 saturated heterocycles. The molecule has 0 aliphatic carbocycles. The molecule has 1 aliphatic heterocycles. The lowest BCUT2D eigenvalue weighted by Gasteiger charge is -2.30. The number of halogens is 1. The maximum atomic E-state index is 13.1. The van der Waals surface area contributed by atoms with Gasteiger partial charge in [0.25, 0.3) is 5.91 Å². The Morgan fingerprint density at radius 3 is 2.43 bits per heavy atom. The Labute approximate surface area is 172 Å². The van der Waals surface area contributed by atoms with Crippen molar-refractivity contribution in [2.75, 3.05) is 19.6 Å². The van der Waals surface area contributed by atoms with Gasteiger partial charge >= 0.3 is 0 Å². The first-order valence-electron chi connectivity index (χ1n) is 9.80. The van der Waals surface area contributed by atoms with Crippen molar-refractivity contribution in [3.8, 4) is 11.5 Å². The van der Waals surface area contributed by atoms with Crippen LogP contribution in [0.4, 0.5) is 4.39 Å². The molecule has 0 atom stereocenters. The van der Waals surface area contributed by atoms with E-state index in [0.717, 1.165) is 0 Å². The minimum Gasteiger partial charge on any atom is -0.420 e. The van der Waals surface area contributed by atoms with E-state index in [1.165, 1.54) is 12.1 Å². The first kappa shape index (κ1) is 19.8. The van der Waals surface area contributed by atoms with Gasteiger partial charge in [0.05, 0.1) is 6.54 Å². The molecule has 0 unspecified atom stereocenters. The zero-order valence-electron chi connectivity index (χ0n) is 16.3. The molecule has 7 nitrogen and oxygen atoms in total. The van der Waals surface area contributed by atoms with Gasteiger partial charge in [0.15, 0.2) is 0 Å².